The van der Waals surface area contributed by atoms with Crippen molar-refractivity contribution in [1.82, 2.24) is 25.2 Å². The number of aromatic amines is 1. The smallest absolute Gasteiger partial charge is 0.348 e. The van der Waals surface area contributed by atoms with Crippen LogP contribution in [0.2, 0.25) is 0 Å². The second-order valence-corrected chi connectivity index (χ2v) is 3.55. The van der Waals surface area contributed by atoms with Gasteiger partial charge in [-0.1, -0.05) is 5.21 Å². The number of carbonyl (C=O) groups is 1. The normalized spacial score (nSPS) is 10.4. The summed E-state index contributed by atoms with van der Waals surface area (Å²) in [4.78, 5) is 11.4. The molecule has 0 aliphatic rings. The number of carbonyl (C=O) groups excluding carboxylic acids is 1. The molecule has 8 heteroatoms. The predicted octanol–water partition coefficient (Wildman–Crippen LogP) is -1.39. The van der Waals surface area contributed by atoms with Crippen molar-refractivity contribution < 1.29 is 14.1 Å². The summed E-state index contributed by atoms with van der Waals surface area (Å²) in [5.41, 5.74) is 0. The number of esters is 1. The molecule has 1 N–H and O–H groups in total. The summed E-state index contributed by atoms with van der Waals surface area (Å²) in [6.45, 7) is 0.457. The number of tetrazole rings is 1. The van der Waals surface area contributed by atoms with Crippen LogP contribution in [-0.4, -0.2) is 37.8 Å². The SMILES string of the molecule is C[n+]1ccn(CC(=O)OCCc2nn[nH]n2)c1. The lowest BCUT2D eigenvalue weighted by Crippen LogP contribution is -2.24. The van der Waals surface area contributed by atoms with Gasteiger partial charge >= 0.3 is 5.97 Å². The van der Waals surface area contributed by atoms with Gasteiger partial charge in [-0.05, 0) is 0 Å². The Morgan fingerprint density at radius 1 is 1.65 bits per heavy atom. The zero-order chi connectivity index (χ0) is 12.1. The van der Waals surface area contributed by atoms with Crippen molar-refractivity contribution in [2.75, 3.05) is 6.61 Å². The van der Waals surface area contributed by atoms with Crippen molar-refractivity contribution in [3.05, 3.63) is 24.5 Å². The molecule has 0 aliphatic heterocycles. The van der Waals surface area contributed by atoms with Gasteiger partial charge in [0.15, 0.2) is 12.4 Å². The van der Waals surface area contributed by atoms with Crippen LogP contribution < -0.4 is 4.57 Å². The first-order valence-electron chi connectivity index (χ1n) is 5.13. The molecule has 0 saturated heterocycles. The minimum Gasteiger partial charge on any atom is -0.462 e. The molecule has 90 valence electrons. The number of hydrogen-bond acceptors (Lipinski definition) is 5. The van der Waals surface area contributed by atoms with Gasteiger partial charge in [0.2, 0.25) is 6.33 Å². The van der Waals surface area contributed by atoms with E-state index in [0.29, 0.717) is 12.2 Å². The van der Waals surface area contributed by atoms with Crippen LogP contribution in [0, 0.1) is 0 Å². The molecule has 0 fully saturated rings. The van der Waals surface area contributed by atoms with Crippen LogP contribution in [0.3, 0.4) is 0 Å². The maximum atomic E-state index is 11.4. The molecule has 0 aliphatic carbocycles. The summed E-state index contributed by atoms with van der Waals surface area (Å²) in [7, 11) is 1.89. The van der Waals surface area contributed by atoms with Crippen molar-refractivity contribution >= 4 is 5.97 Å². The third kappa shape index (κ3) is 3.37. The second-order valence-electron chi connectivity index (χ2n) is 3.55. The highest BCUT2D eigenvalue weighted by Crippen LogP contribution is 1.91. The van der Waals surface area contributed by atoms with Gasteiger partial charge in [0, 0.05) is 6.42 Å². The molecule has 17 heavy (non-hydrogen) atoms. The Labute approximate surface area is 97.2 Å². The second kappa shape index (κ2) is 5.19. The van der Waals surface area contributed by atoms with Gasteiger partial charge in [-0.25, -0.2) is 13.9 Å². The summed E-state index contributed by atoms with van der Waals surface area (Å²) in [6.07, 6.45) is 5.93. The summed E-state index contributed by atoms with van der Waals surface area (Å²) < 4.78 is 8.64. The fourth-order valence-corrected chi connectivity index (χ4v) is 1.33. The number of ether oxygens (including phenoxy) is 1. The number of H-pyrrole nitrogens is 1. The minimum absolute atomic E-state index is 0.201. The zero-order valence-corrected chi connectivity index (χ0v) is 9.41. The number of rotatable bonds is 5. The van der Waals surface area contributed by atoms with Crippen molar-refractivity contribution in [1.29, 1.82) is 0 Å². The molecule has 0 radical (unpaired) electrons. The van der Waals surface area contributed by atoms with Gasteiger partial charge in [0.05, 0.1) is 13.7 Å². The zero-order valence-electron chi connectivity index (χ0n) is 9.41. The van der Waals surface area contributed by atoms with E-state index in [2.05, 4.69) is 20.6 Å². The first-order chi connectivity index (χ1) is 8.24. The topological polar surface area (TPSA) is 89.6 Å². The quantitative estimate of drug-likeness (QED) is 0.511. The first-order valence-corrected chi connectivity index (χ1v) is 5.13. The maximum Gasteiger partial charge on any atom is 0.348 e. The average molecular weight is 237 g/mol. The van der Waals surface area contributed by atoms with Crippen LogP contribution in [0.4, 0.5) is 0 Å². The third-order valence-corrected chi connectivity index (χ3v) is 2.11. The van der Waals surface area contributed by atoms with Gasteiger partial charge in [-0.2, -0.15) is 5.21 Å². The molecule has 8 nitrogen and oxygen atoms in total. The highest BCUT2D eigenvalue weighted by atomic mass is 16.5. The summed E-state index contributed by atoms with van der Waals surface area (Å²) >= 11 is 0. The van der Waals surface area contributed by atoms with E-state index >= 15 is 0 Å². The number of hydrogen-bond donors (Lipinski definition) is 1. The van der Waals surface area contributed by atoms with Gasteiger partial charge in [-0.3, -0.25) is 0 Å². The average Bonchev–Trinajstić information content (AvgIpc) is 2.90. The Kier molecular flexibility index (Phi) is 3.43. The van der Waals surface area contributed by atoms with E-state index in [4.69, 9.17) is 4.74 Å². The molecule has 0 unspecified atom stereocenters. The molecular weight excluding hydrogens is 224 g/mol. The van der Waals surface area contributed by atoms with E-state index in [1.54, 1.807) is 17.1 Å². The minimum atomic E-state index is -0.287. The molecule has 2 aromatic heterocycles. The molecule has 0 bridgehead atoms. The van der Waals surface area contributed by atoms with Gasteiger partial charge in [-0.15, -0.1) is 10.2 Å². The summed E-state index contributed by atoms with van der Waals surface area (Å²) in [5, 5.41) is 13.2. The van der Waals surface area contributed by atoms with Crippen molar-refractivity contribution in [2.24, 2.45) is 7.05 Å². The highest BCUT2D eigenvalue weighted by molar-refractivity contribution is 5.69. The van der Waals surface area contributed by atoms with Crippen LogP contribution in [0.1, 0.15) is 5.82 Å². The number of nitrogens with one attached hydrogen (secondary N) is 1. The van der Waals surface area contributed by atoms with E-state index in [1.165, 1.54) is 0 Å². The van der Waals surface area contributed by atoms with Crippen molar-refractivity contribution in [3.63, 3.8) is 0 Å². The first kappa shape index (κ1) is 11.2. The maximum absolute atomic E-state index is 11.4. The molecule has 2 aromatic rings. The summed E-state index contributed by atoms with van der Waals surface area (Å²) in [6, 6.07) is 0. The van der Waals surface area contributed by atoms with Crippen LogP contribution in [0.25, 0.3) is 0 Å². The van der Waals surface area contributed by atoms with E-state index in [9.17, 15) is 4.79 Å². The van der Waals surface area contributed by atoms with E-state index < -0.39 is 0 Å². The standard InChI is InChI=1S/C9H13N6O2/c1-14-3-4-15(7-14)6-9(16)17-5-2-8-10-12-13-11-8/h3-4,7H,2,5-6H2,1H3,(H,10,11,12,13)/q+1. The third-order valence-electron chi connectivity index (χ3n) is 2.11. The van der Waals surface area contributed by atoms with Crippen molar-refractivity contribution in [3.8, 4) is 0 Å². The Balaban J connectivity index is 1.71. The van der Waals surface area contributed by atoms with Gasteiger partial charge in [0.1, 0.15) is 12.4 Å². The van der Waals surface area contributed by atoms with Crippen LogP contribution in [-0.2, 0) is 29.5 Å². The molecule has 2 rings (SSSR count). The van der Waals surface area contributed by atoms with Crippen LogP contribution in [0.5, 0.6) is 0 Å². The number of aryl methyl sites for hydroxylation is 1. The summed E-state index contributed by atoms with van der Waals surface area (Å²) in [5.74, 6) is 0.245. The fraction of sp³-hybridized carbons (Fsp3) is 0.444. The van der Waals surface area contributed by atoms with Crippen LogP contribution >= 0.6 is 0 Å². The molecule has 0 aromatic carbocycles. The fourth-order valence-electron chi connectivity index (χ4n) is 1.33. The largest absolute Gasteiger partial charge is 0.462 e. The Bertz CT molecular complexity index is 477. The number of imidazole rings is 1. The number of nitrogens with zero attached hydrogens (tertiary/aromatic N) is 5. The van der Waals surface area contributed by atoms with E-state index in [0.717, 1.165) is 0 Å². The lowest BCUT2D eigenvalue weighted by molar-refractivity contribution is -0.671. The predicted molar refractivity (Wildman–Crippen MR) is 54.4 cm³/mol. The molecule has 0 atom stereocenters. The Hall–Kier alpha value is -2.25. The lowest BCUT2D eigenvalue weighted by atomic mass is 10.4. The van der Waals surface area contributed by atoms with E-state index in [-0.39, 0.29) is 19.1 Å². The number of aromatic nitrogens is 6. The lowest BCUT2D eigenvalue weighted by Gasteiger charge is -2.00. The highest BCUT2D eigenvalue weighted by Gasteiger charge is 2.09. The van der Waals surface area contributed by atoms with Crippen LogP contribution in [0.15, 0.2) is 18.7 Å². The van der Waals surface area contributed by atoms with Crippen molar-refractivity contribution in [2.45, 2.75) is 13.0 Å². The molecule has 0 amide bonds. The molecule has 2 heterocycles. The monoisotopic (exact) mass is 237 g/mol. The van der Waals surface area contributed by atoms with E-state index in [1.807, 2.05) is 17.8 Å². The Morgan fingerprint density at radius 3 is 3.18 bits per heavy atom. The molecule has 0 saturated carbocycles. The Morgan fingerprint density at radius 2 is 2.53 bits per heavy atom. The molecular formula is C9H13N6O2+. The molecule has 0 spiro atoms. The van der Waals surface area contributed by atoms with Gasteiger partial charge in [0.25, 0.3) is 0 Å². The van der Waals surface area contributed by atoms with Gasteiger partial charge < -0.3 is 4.74 Å².